The molecule has 0 spiro atoms. The predicted molar refractivity (Wildman–Crippen MR) is 126 cm³/mol. The lowest BCUT2D eigenvalue weighted by Crippen LogP contribution is -2.16. The van der Waals surface area contributed by atoms with Crippen molar-refractivity contribution in [1.29, 1.82) is 0 Å². The van der Waals surface area contributed by atoms with E-state index < -0.39 is 10.0 Å². The molecule has 10 heteroatoms. The summed E-state index contributed by atoms with van der Waals surface area (Å²) in [5.41, 5.74) is 1.75. The molecule has 1 heterocycles. The highest BCUT2D eigenvalue weighted by atomic mass is 79.9. The van der Waals surface area contributed by atoms with Gasteiger partial charge in [-0.2, -0.15) is 0 Å². The summed E-state index contributed by atoms with van der Waals surface area (Å²) < 4.78 is 34.3. The van der Waals surface area contributed by atoms with Gasteiger partial charge in [0.25, 0.3) is 10.0 Å². The first-order valence-corrected chi connectivity index (χ1v) is 11.7. The van der Waals surface area contributed by atoms with Crippen molar-refractivity contribution in [2.45, 2.75) is 4.90 Å². The van der Waals surface area contributed by atoms with Crippen LogP contribution in [-0.4, -0.2) is 25.5 Å². The van der Waals surface area contributed by atoms with Crippen molar-refractivity contribution in [3.05, 3.63) is 76.2 Å². The van der Waals surface area contributed by atoms with Gasteiger partial charge in [-0.1, -0.05) is 39.7 Å². The maximum absolute atomic E-state index is 12.9. The van der Waals surface area contributed by atoms with Crippen LogP contribution in [0.1, 0.15) is 0 Å². The van der Waals surface area contributed by atoms with Gasteiger partial charge in [-0.25, -0.2) is 18.4 Å². The molecule has 31 heavy (non-hydrogen) atoms. The highest BCUT2D eigenvalue weighted by Crippen LogP contribution is 2.31. The van der Waals surface area contributed by atoms with Crippen LogP contribution < -0.4 is 14.8 Å². The Bertz CT molecular complexity index is 1370. The molecule has 0 saturated carbocycles. The molecule has 4 aromatic rings. The number of methoxy groups -OCH3 is 1. The van der Waals surface area contributed by atoms with Gasteiger partial charge in [-0.15, -0.1) is 0 Å². The van der Waals surface area contributed by atoms with Crippen LogP contribution in [0.4, 0.5) is 17.3 Å². The van der Waals surface area contributed by atoms with Crippen molar-refractivity contribution in [1.82, 2.24) is 9.97 Å². The largest absolute Gasteiger partial charge is 0.495 e. The van der Waals surface area contributed by atoms with Crippen molar-refractivity contribution < 1.29 is 13.2 Å². The maximum Gasteiger partial charge on any atom is 0.263 e. The molecule has 0 fully saturated rings. The minimum absolute atomic E-state index is 0.0635. The van der Waals surface area contributed by atoms with Crippen LogP contribution in [0.15, 0.2) is 76.1 Å². The van der Waals surface area contributed by atoms with Crippen LogP contribution in [0.5, 0.6) is 5.75 Å². The number of benzene rings is 3. The molecule has 0 aliphatic carbocycles. The van der Waals surface area contributed by atoms with Gasteiger partial charge in [0, 0.05) is 10.2 Å². The van der Waals surface area contributed by atoms with E-state index in [-0.39, 0.29) is 16.5 Å². The molecule has 0 atom stereocenters. The van der Waals surface area contributed by atoms with Crippen LogP contribution in [0.25, 0.3) is 11.0 Å². The second-order valence-corrected chi connectivity index (χ2v) is 9.45. The van der Waals surface area contributed by atoms with Crippen LogP contribution in [0.3, 0.4) is 0 Å². The van der Waals surface area contributed by atoms with E-state index in [1.807, 2.05) is 6.07 Å². The smallest absolute Gasteiger partial charge is 0.263 e. The Morgan fingerprint density at radius 3 is 2.19 bits per heavy atom. The molecular weight excluding hydrogens is 504 g/mol. The van der Waals surface area contributed by atoms with E-state index >= 15 is 0 Å². The number of anilines is 3. The monoisotopic (exact) mass is 518 g/mol. The number of nitrogens with zero attached hydrogens (tertiary/aromatic N) is 2. The summed E-state index contributed by atoms with van der Waals surface area (Å²) in [6.07, 6.45) is 0. The van der Waals surface area contributed by atoms with Gasteiger partial charge >= 0.3 is 0 Å². The summed E-state index contributed by atoms with van der Waals surface area (Å²) in [4.78, 5) is 9.13. The van der Waals surface area contributed by atoms with Crippen LogP contribution in [-0.2, 0) is 10.0 Å². The quantitative estimate of drug-likeness (QED) is 0.344. The van der Waals surface area contributed by atoms with Gasteiger partial charge in [0.05, 0.1) is 28.1 Å². The number of ether oxygens (including phenoxy) is 1. The maximum atomic E-state index is 12.9. The first kappa shape index (κ1) is 21.4. The first-order chi connectivity index (χ1) is 14.9. The summed E-state index contributed by atoms with van der Waals surface area (Å²) in [6.45, 7) is 0. The molecule has 0 radical (unpaired) electrons. The normalized spacial score (nSPS) is 11.3. The molecule has 0 unspecified atom stereocenters. The number of hydrogen-bond acceptors (Lipinski definition) is 6. The molecular formula is C21H16BrClN4O3S. The zero-order valence-electron chi connectivity index (χ0n) is 16.1. The van der Waals surface area contributed by atoms with Gasteiger partial charge in [0.15, 0.2) is 11.6 Å². The fourth-order valence-electron chi connectivity index (χ4n) is 2.84. The molecule has 0 aliphatic heterocycles. The number of para-hydroxylation sites is 2. The average Bonchev–Trinajstić information content (AvgIpc) is 2.74. The van der Waals surface area contributed by atoms with Crippen molar-refractivity contribution in [3.63, 3.8) is 0 Å². The van der Waals surface area contributed by atoms with Crippen LogP contribution in [0, 0.1) is 0 Å². The third kappa shape index (κ3) is 4.73. The Kier molecular flexibility index (Phi) is 5.99. The summed E-state index contributed by atoms with van der Waals surface area (Å²) in [5.74, 6) is 0.821. The van der Waals surface area contributed by atoms with E-state index in [9.17, 15) is 8.42 Å². The predicted octanol–water partition coefficient (Wildman–Crippen LogP) is 5.60. The van der Waals surface area contributed by atoms with Crippen molar-refractivity contribution in [3.8, 4) is 5.75 Å². The molecule has 3 aromatic carbocycles. The molecule has 158 valence electrons. The molecule has 7 nitrogen and oxygen atoms in total. The van der Waals surface area contributed by atoms with Gasteiger partial charge in [-0.3, -0.25) is 4.72 Å². The Balaban J connectivity index is 1.76. The molecule has 0 aliphatic rings. The first-order valence-electron chi connectivity index (χ1n) is 9.01. The minimum atomic E-state index is -3.89. The second kappa shape index (κ2) is 8.70. The fourth-order valence-corrected chi connectivity index (χ4v) is 4.37. The number of hydrogen-bond donors (Lipinski definition) is 2. The SMILES string of the molecule is COc1ccc(Nc2nc3ccccc3nc2NS(=O)(=O)c2ccc(Br)cc2)cc1Cl. The topological polar surface area (TPSA) is 93.2 Å². The highest BCUT2D eigenvalue weighted by molar-refractivity contribution is 9.10. The van der Waals surface area contributed by atoms with Crippen molar-refractivity contribution >= 4 is 65.9 Å². The van der Waals surface area contributed by atoms with E-state index in [2.05, 4.69) is 35.9 Å². The number of nitrogens with one attached hydrogen (secondary N) is 2. The lowest BCUT2D eigenvalue weighted by atomic mass is 10.3. The zero-order chi connectivity index (χ0) is 22.0. The Labute approximate surface area is 192 Å². The van der Waals surface area contributed by atoms with Gasteiger partial charge in [0.1, 0.15) is 5.75 Å². The second-order valence-electron chi connectivity index (χ2n) is 6.44. The van der Waals surface area contributed by atoms with Crippen LogP contribution in [0.2, 0.25) is 5.02 Å². The van der Waals surface area contributed by atoms with E-state index in [0.717, 1.165) is 4.47 Å². The minimum Gasteiger partial charge on any atom is -0.495 e. The van der Waals surface area contributed by atoms with Gasteiger partial charge in [-0.05, 0) is 54.6 Å². The third-order valence-electron chi connectivity index (χ3n) is 4.34. The van der Waals surface area contributed by atoms with Gasteiger partial charge in [0.2, 0.25) is 0 Å². The van der Waals surface area contributed by atoms with Gasteiger partial charge < -0.3 is 10.1 Å². The Hall–Kier alpha value is -2.88. The average molecular weight is 520 g/mol. The number of rotatable bonds is 6. The number of aromatic nitrogens is 2. The third-order valence-corrected chi connectivity index (χ3v) is 6.52. The number of fused-ring (bicyclic) bond motifs is 1. The lowest BCUT2D eigenvalue weighted by molar-refractivity contribution is 0.415. The summed E-state index contributed by atoms with van der Waals surface area (Å²) >= 11 is 9.52. The van der Waals surface area contributed by atoms with Crippen molar-refractivity contribution in [2.75, 3.05) is 17.1 Å². The Morgan fingerprint density at radius 2 is 1.58 bits per heavy atom. The van der Waals surface area contributed by atoms with Crippen LogP contribution >= 0.6 is 27.5 Å². The van der Waals surface area contributed by atoms with E-state index in [0.29, 0.717) is 27.5 Å². The van der Waals surface area contributed by atoms with Crippen molar-refractivity contribution in [2.24, 2.45) is 0 Å². The standard InChI is InChI=1S/C21H16BrClN4O3S/c1-30-19-11-8-14(12-16(19)23)24-20-21(26-18-5-3-2-4-17(18)25-20)27-31(28,29)15-9-6-13(22)7-10-15/h2-12H,1H3,(H,24,25)(H,26,27). The molecule has 0 saturated heterocycles. The highest BCUT2D eigenvalue weighted by Gasteiger charge is 2.19. The zero-order valence-corrected chi connectivity index (χ0v) is 19.3. The Morgan fingerprint density at radius 1 is 0.935 bits per heavy atom. The van der Waals surface area contributed by atoms with E-state index in [4.69, 9.17) is 16.3 Å². The summed E-state index contributed by atoms with van der Waals surface area (Å²) in [5, 5.41) is 3.49. The summed E-state index contributed by atoms with van der Waals surface area (Å²) in [6, 6.07) is 18.6. The molecule has 4 rings (SSSR count). The molecule has 0 amide bonds. The van der Waals surface area contributed by atoms with E-state index in [1.54, 1.807) is 48.5 Å². The number of halogens is 2. The summed E-state index contributed by atoms with van der Waals surface area (Å²) in [7, 11) is -2.37. The lowest BCUT2D eigenvalue weighted by Gasteiger charge is -2.14. The molecule has 0 bridgehead atoms. The fraction of sp³-hybridized carbons (Fsp3) is 0.0476. The molecule has 1 aromatic heterocycles. The number of sulfonamides is 1. The molecule has 2 N–H and O–H groups in total. The van der Waals surface area contributed by atoms with E-state index in [1.165, 1.54) is 19.2 Å².